The average Bonchev–Trinajstić information content (AvgIpc) is 2.90. The standard InChI is InChI=1S/C13H12ClF3N4O/c14-8-1-3-9(4-2-8)21-11(13(15,16)17)10(7-20-21)12(22)19-6-5-18/h1-4,7H,5-6,18H2,(H,19,22). The number of nitrogens with one attached hydrogen (secondary N) is 1. The Labute approximate surface area is 128 Å². The lowest BCUT2D eigenvalue weighted by Gasteiger charge is -2.12. The van der Waals surface area contributed by atoms with Crippen LogP contribution in [0.1, 0.15) is 16.1 Å². The highest BCUT2D eigenvalue weighted by molar-refractivity contribution is 6.30. The van der Waals surface area contributed by atoms with E-state index in [2.05, 4.69) is 10.4 Å². The number of aromatic nitrogens is 2. The summed E-state index contributed by atoms with van der Waals surface area (Å²) < 4.78 is 40.6. The van der Waals surface area contributed by atoms with E-state index < -0.39 is 23.3 Å². The highest BCUT2D eigenvalue weighted by Crippen LogP contribution is 2.33. The van der Waals surface area contributed by atoms with Gasteiger partial charge in [0.1, 0.15) is 0 Å². The van der Waals surface area contributed by atoms with Crippen LogP contribution in [-0.2, 0) is 6.18 Å². The second kappa shape index (κ2) is 6.37. The van der Waals surface area contributed by atoms with Crippen LogP contribution in [0.5, 0.6) is 0 Å². The molecule has 2 aromatic rings. The second-order valence-corrected chi connectivity index (χ2v) is 4.77. The normalized spacial score (nSPS) is 11.5. The molecule has 118 valence electrons. The van der Waals surface area contributed by atoms with Crippen molar-refractivity contribution in [3.05, 3.63) is 46.7 Å². The summed E-state index contributed by atoms with van der Waals surface area (Å²) in [4.78, 5) is 11.8. The van der Waals surface area contributed by atoms with E-state index in [0.717, 1.165) is 6.20 Å². The van der Waals surface area contributed by atoms with Crippen LogP contribution in [-0.4, -0.2) is 28.8 Å². The molecule has 9 heteroatoms. The Hall–Kier alpha value is -2.06. The lowest BCUT2D eigenvalue weighted by atomic mass is 10.2. The van der Waals surface area contributed by atoms with E-state index >= 15 is 0 Å². The van der Waals surface area contributed by atoms with E-state index in [1.54, 1.807) is 0 Å². The topological polar surface area (TPSA) is 72.9 Å². The molecule has 0 atom stereocenters. The first-order valence-electron chi connectivity index (χ1n) is 6.24. The quantitative estimate of drug-likeness (QED) is 0.901. The summed E-state index contributed by atoms with van der Waals surface area (Å²) in [6, 6.07) is 5.64. The van der Waals surface area contributed by atoms with Gasteiger partial charge in [-0.15, -0.1) is 0 Å². The molecular formula is C13H12ClF3N4O. The predicted molar refractivity (Wildman–Crippen MR) is 75.0 cm³/mol. The summed E-state index contributed by atoms with van der Waals surface area (Å²) in [5.41, 5.74) is 3.66. The molecular weight excluding hydrogens is 321 g/mol. The van der Waals surface area contributed by atoms with E-state index in [1.807, 2.05) is 0 Å². The molecule has 22 heavy (non-hydrogen) atoms. The molecule has 1 amide bonds. The van der Waals surface area contributed by atoms with E-state index in [9.17, 15) is 18.0 Å². The number of carbonyl (C=O) groups excluding carboxylic acids is 1. The summed E-state index contributed by atoms with van der Waals surface area (Å²) in [5.74, 6) is -0.877. The van der Waals surface area contributed by atoms with Crippen molar-refractivity contribution in [2.24, 2.45) is 5.73 Å². The molecule has 0 saturated carbocycles. The lowest BCUT2D eigenvalue weighted by Crippen LogP contribution is -2.30. The molecule has 2 rings (SSSR count). The minimum absolute atomic E-state index is 0.0717. The van der Waals surface area contributed by atoms with Crippen molar-refractivity contribution in [3.63, 3.8) is 0 Å². The SMILES string of the molecule is NCCNC(=O)c1cnn(-c2ccc(Cl)cc2)c1C(F)(F)F. The number of nitrogens with two attached hydrogens (primary N) is 1. The summed E-state index contributed by atoms with van der Waals surface area (Å²) in [7, 11) is 0. The number of hydrogen-bond acceptors (Lipinski definition) is 3. The van der Waals surface area contributed by atoms with Gasteiger partial charge in [0.15, 0.2) is 5.69 Å². The van der Waals surface area contributed by atoms with Crippen LogP contribution >= 0.6 is 11.6 Å². The van der Waals surface area contributed by atoms with E-state index in [0.29, 0.717) is 9.70 Å². The molecule has 0 aliphatic rings. The Morgan fingerprint density at radius 3 is 2.50 bits per heavy atom. The van der Waals surface area contributed by atoms with Crippen molar-refractivity contribution in [3.8, 4) is 5.69 Å². The number of halogens is 4. The van der Waals surface area contributed by atoms with Crippen molar-refractivity contribution >= 4 is 17.5 Å². The molecule has 1 heterocycles. The number of rotatable bonds is 4. The van der Waals surface area contributed by atoms with Crippen LogP contribution in [0.25, 0.3) is 5.69 Å². The fourth-order valence-corrected chi connectivity index (χ4v) is 1.97. The van der Waals surface area contributed by atoms with Crippen LogP contribution < -0.4 is 11.1 Å². The van der Waals surface area contributed by atoms with Crippen molar-refractivity contribution in [1.82, 2.24) is 15.1 Å². The van der Waals surface area contributed by atoms with Gasteiger partial charge < -0.3 is 11.1 Å². The fourth-order valence-electron chi connectivity index (χ4n) is 1.85. The van der Waals surface area contributed by atoms with Crippen LogP contribution in [0, 0.1) is 0 Å². The van der Waals surface area contributed by atoms with Gasteiger partial charge in [-0.3, -0.25) is 4.79 Å². The zero-order valence-corrected chi connectivity index (χ0v) is 11.9. The molecule has 0 bridgehead atoms. The molecule has 0 radical (unpaired) electrons. The molecule has 0 aliphatic carbocycles. The minimum atomic E-state index is -4.74. The highest BCUT2D eigenvalue weighted by atomic mass is 35.5. The van der Waals surface area contributed by atoms with Gasteiger partial charge in [0.2, 0.25) is 0 Å². The Balaban J connectivity index is 2.50. The van der Waals surface area contributed by atoms with Crippen molar-refractivity contribution < 1.29 is 18.0 Å². The van der Waals surface area contributed by atoms with Gasteiger partial charge in [-0.2, -0.15) is 18.3 Å². The molecule has 0 unspecified atom stereocenters. The van der Waals surface area contributed by atoms with Crippen molar-refractivity contribution in [2.75, 3.05) is 13.1 Å². The zero-order valence-electron chi connectivity index (χ0n) is 11.2. The number of nitrogens with zero attached hydrogens (tertiary/aromatic N) is 2. The predicted octanol–water partition coefficient (Wildman–Crippen LogP) is 2.23. The van der Waals surface area contributed by atoms with Crippen LogP contribution in [0.15, 0.2) is 30.5 Å². The Morgan fingerprint density at radius 1 is 1.32 bits per heavy atom. The Morgan fingerprint density at radius 2 is 1.95 bits per heavy atom. The third-order valence-corrected chi connectivity index (χ3v) is 3.04. The molecule has 1 aromatic heterocycles. The Bertz CT molecular complexity index is 667. The number of benzene rings is 1. The van der Waals surface area contributed by atoms with Crippen molar-refractivity contribution in [2.45, 2.75) is 6.18 Å². The maximum Gasteiger partial charge on any atom is 0.434 e. The van der Waals surface area contributed by atoms with Crippen LogP contribution in [0.2, 0.25) is 5.02 Å². The smallest absolute Gasteiger partial charge is 0.351 e. The summed E-state index contributed by atoms with van der Waals surface area (Å²) in [6.07, 6.45) is -3.87. The van der Waals surface area contributed by atoms with Gasteiger partial charge in [-0.1, -0.05) is 11.6 Å². The third-order valence-electron chi connectivity index (χ3n) is 2.78. The van der Waals surface area contributed by atoms with E-state index in [4.69, 9.17) is 17.3 Å². The lowest BCUT2D eigenvalue weighted by molar-refractivity contribution is -0.143. The second-order valence-electron chi connectivity index (χ2n) is 4.34. The molecule has 1 aromatic carbocycles. The summed E-state index contributed by atoms with van der Waals surface area (Å²) in [5, 5.41) is 6.35. The minimum Gasteiger partial charge on any atom is -0.351 e. The zero-order chi connectivity index (χ0) is 16.3. The third kappa shape index (κ3) is 3.40. The molecule has 0 saturated heterocycles. The van der Waals surface area contributed by atoms with Gasteiger partial charge in [0, 0.05) is 18.1 Å². The summed E-state index contributed by atoms with van der Waals surface area (Å²) >= 11 is 5.71. The van der Waals surface area contributed by atoms with Gasteiger partial charge in [0.25, 0.3) is 5.91 Å². The van der Waals surface area contributed by atoms with Crippen LogP contribution in [0.4, 0.5) is 13.2 Å². The maximum absolute atomic E-state index is 13.3. The van der Waals surface area contributed by atoms with E-state index in [-0.39, 0.29) is 18.8 Å². The largest absolute Gasteiger partial charge is 0.434 e. The first-order chi connectivity index (χ1) is 10.3. The number of hydrogen-bond donors (Lipinski definition) is 2. The highest BCUT2D eigenvalue weighted by Gasteiger charge is 2.40. The van der Waals surface area contributed by atoms with Gasteiger partial charge in [0.05, 0.1) is 17.4 Å². The number of amides is 1. The number of alkyl halides is 3. The van der Waals surface area contributed by atoms with Gasteiger partial charge in [-0.05, 0) is 24.3 Å². The summed E-state index contributed by atoms with van der Waals surface area (Å²) in [6.45, 7) is 0.195. The molecule has 0 fully saturated rings. The fraction of sp³-hybridized carbons (Fsp3) is 0.231. The first kappa shape index (κ1) is 16.3. The van der Waals surface area contributed by atoms with Gasteiger partial charge >= 0.3 is 6.18 Å². The van der Waals surface area contributed by atoms with E-state index in [1.165, 1.54) is 24.3 Å². The molecule has 0 spiro atoms. The monoisotopic (exact) mass is 332 g/mol. The van der Waals surface area contributed by atoms with Crippen molar-refractivity contribution in [1.29, 1.82) is 0 Å². The first-order valence-corrected chi connectivity index (χ1v) is 6.62. The average molecular weight is 333 g/mol. The molecule has 0 aliphatic heterocycles. The molecule has 3 N–H and O–H groups in total. The maximum atomic E-state index is 13.3. The van der Waals surface area contributed by atoms with Crippen LogP contribution in [0.3, 0.4) is 0 Å². The molecule has 5 nitrogen and oxygen atoms in total. The number of carbonyl (C=O) groups is 1. The van der Waals surface area contributed by atoms with Gasteiger partial charge in [-0.25, -0.2) is 4.68 Å². The Kier molecular flexibility index (Phi) is 4.72.